The van der Waals surface area contributed by atoms with E-state index in [9.17, 15) is 4.79 Å². The van der Waals surface area contributed by atoms with Crippen LogP contribution < -0.4 is 15.4 Å². The molecule has 1 rings (SSSR count). The maximum atomic E-state index is 10.9. The van der Waals surface area contributed by atoms with Crippen molar-refractivity contribution in [2.75, 3.05) is 26.0 Å². The van der Waals surface area contributed by atoms with Gasteiger partial charge in [0, 0.05) is 19.8 Å². The average Bonchev–Trinajstić information content (AvgIpc) is 2.29. The molecule has 15 heavy (non-hydrogen) atoms. The Morgan fingerprint density at radius 1 is 1.27 bits per heavy atom. The minimum Gasteiger partial charge on any atom is -0.493 e. The van der Waals surface area contributed by atoms with E-state index < -0.39 is 0 Å². The summed E-state index contributed by atoms with van der Waals surface area (Å²) in [6.07, 6.45) is 0.379. The quantitative estimate of drug-likeness (QED) is 0.765. The summed E-state index contributed by atoms with van der Waals surface area (Å²) in [4.78, 5) is 10.9. The first kappa shape index (κ1) is 11.4. The van der Waals surface area contributed by atoms with Gasteiger partial charge in [-0.15, -0.1) is 0 Å². The summed E-state index contributed by atoms with van der Waals surface area (Å²) in [6.45, 7) is 0.401. The Hall–Kier alpha value is -1.71. The zero-order chi connectivity index (χ0) is 11.1. The maximum Gasteiger partial charge on any atom is 0.223 e. The third-order valence-electron chi connectivity index (χ3n) is 2.02. The minimum atomic E-state index is -0.0122. The lowest BCUT2D eigenvalue weighted by atomic mass is 10.3. The summed E-state index contributed by atoms with van der Waals surface area (Å²) in [5.41, 5.74) is 1.04. The fourth-order valence-electron chi connectivity index (χ4n) is 1.10. The van der Waals surface area contributed by atoms with Crippen molar-refractivity contribution in [2.45, 2.75) is 6.42 Å². The van der Waals surface area contributed by atoms with Crippen molar-refractivity contribution in [3.8, 4) is 5.75 Å². The number of amides is 1. The van der Waals surface area contributed by atoms with Crippen molar-refractivity contribution in [2.24, 2.45) is 0 Å². The third-order valence-corrected chi connectivity index (χ3v) is 2.02. The highest BCUT2D eigenvalue weighted by Crippen LogP contribution is 2.14. The topological polar surface area (TPSA) is 50.4 Å². The molecule has 4 heteroatoms. The van der Waals surface area contributed by atoms with Gasteiger partial charge in [-0.3, -0.25) is 4.79 Å². The fraction of sp³-hybridized carbons (Fsp3) is 0.364. The Bertz CT molecular complexity index is 309. The molecule has 0 unspecified atom stereocenters. The molecule has 82 valence electrons. The van der Waals surface area contributed by atoms with E-state index in [1.54, 1.807) is 7.05 Å². The molecule has 0 bridgehead atoms. The average molecular weight is 208 g/mol. The monoisotopic (exact) mass is 208 g/mol. The maximum absolute atomic E-state index is 10.9. The van der Waals surface area contributed by atoms with Crippen LogP contribution in [0.5, 0.6) is 5.75 Å². The van der Waals surface area contributed by atoms with E-state index in [0.29, 0.717) is 13.0 Å². The van der Waals surface area contributed by atoms with Crippen molar-refractivity contribution in [3.63, 3.8) is 0 Å². The van der Waals surface area contributed by atoms with Crippen LogP contribution in [-0.4, -0.2) is 26.6 Å². The first-order valence-electron chi connectivity index (χ1n) is 4.87. The minimum absolute atomic E-state index is 0.0122. The smallest absolute Gasteiger partial charge is 0.223 e. The van der Waals surface area contributed by atoms with Crippen LogP contribution in [0.3, 0.4) is 0 Å². The van der Waals surface area contributed by atoms with E-state index in [1.165, 1.54) is 0 Å². The van der Waals surface area contributed by atoms with Crippen molar-refractivity contribution in [3.05, 3.63) is 24.3 Å². The number of benzene rings is 1. The first-order valence-corrected chi connectivity index (χ1v) is 4.87. The van der Waals surface area contributed by atoms with Gasteiger partial charge in [-0.25, -0.2) is 0 Å². The predicted octanol–water partition coefficient (Wildman–Crippen LogP) is 1.24. The molecule has 2 N–H and O–H groups in total. The number of carbonyl (C=O) groups excluding carboxylic acids is 1. The second-order valence-corrected chi connectivity index (χ2v) is 3.05. The molecule has 0 spiro atoms. The molecule has 0 atom stereocenters. The van der Waals surface area contributed by atoms with Crippen LogP contribution in [0.15, 0.2) is 24.3 Å². The van der Waals surface area contributed by atoms with E-state index in [0.717, 1.165) is 11.4 Å². The molecule has 0 fully saturated rings. The number of hydrogen-bond acceptors (Lipinski definition) is 3. The van der Waals surface area contributed by atoms with E-state index in [2.05, 4.69) is 10.6 Å². The third kappa shape index (κ3) is 3.89. The molecule has 1 aromatic rings. The van der Waals surface area contributed by atoms with Gasteiger partial charge in [0.25, 0.3) is 0 Å². The van der Waals surface area contributed by atoms with Crippen molar-refractivity contribution < 1.29 is 9.53 Å². The highest BCUT2D eigenvalue weighted by molar-refractivity contribution is 5.75. The Morgan fingerprint density at radius 3 is 2.47 bits per heavy atom. The number of anilines is 1. The molecule has 0 aliphatic heterocycles. The summed E-state index contributed by atoms with van der Waals surface area (Å²) >= 11 is 0. The number of rotatable bonds is 5. The Morgan fingerprint density at radius 2 is 1.93 bits per heavy atom. The molecule has 0 aliphatic carbocycles. The second-order valence-electron chi connectivity index (χ2n) is 3.05. The van der Waals surface area contributed by atoms with Gasteiger partial charge in [-0.1, -0.05) is 0 Å². The van der Waals surface area contributed by atoms with E-state index in [-0.39, 0.29) is 5.91 Å². The first-order chi connectivity index (χ1) is 7.26. The Kier molecular flexibility index (Phi) is 4.47. The summed E-state index contributed by atoms with van der Waals surface area (Å²) in [6, 6.07) is 7.59. The zero-order valence-electron chi connectivity index (χ0n) is 9.04. The van der Waals surface area contributed by atoms with Crippen LogP contribution in [0.2, 0.25) is 0 Å². The lowest BCUT2D eigenvalue weighted by Gasteiger charge is -2.06. The van der Waals surface area contributed by atoms with Crippen molar-refractivity contribution >= 4 is 11.6 Å². The van der Waals surface area contributed by atoms with Gasteiger partial charge in [0.2, 0.25) is 5.91 Å². The fourth-order valence-corrected chi connectivity index (χ4v) is 1.10. The molecule has 0 aromatic heterocycles. The molecule has 0 heterocycles. The van der Waals surface area contributed by atoms with Crippen molar-refractivity contribution in [1.29, 1.82) is 0 Å². The molecule has 1 aromatic carbocycles. The van der Waals surface area contributed by atoms with E-state index >= 15 is 0 Å². The SMILES string of the molecule is CNC(=O)CCOc1ccc(NC)cc1. The lowest BCUT2D eigenvalue weighted by molar-refractivity contribution is -0.121. The van der Waals surface area contributed by atoms with Crippen LogP contribution in [0.25, 0.3) is 0 Å². The zero-order valence-corrected chi connectivity index (χ0v) is 9.04. The summed E-state index contributed by atoms with van der Waals surface area (Å²) < 4.78 is 5.39. The highest BCUT2D eigenvalue weighted by Gasteiger charge is 1.98. The van der Waals surface area contributed by atoms with Crippen LogP contribution in [0, 0.1) is 0 Å². The van der Waals surface area contributed by atoms with Gasteiger partial charge >= 0.3 is 0 Å². The van der Waals surface area contributed by atoms with Gasteiger partial charge in [-0.05, 0) is 24.3 Å². The molecule has 0 aliphatic rings. The number of ether oxygens (including phenoxy) is 1. The number of carbonyl (C=O) groups is 1. The Labute approximate surface area is 89.6 Å². The van der Waals surface area contributed by atoms with Gasteiger partial charge in [-0.2, -0.15) is 0 Å². The van der Waals surface area contributed by atoms with Gasteiger partial charge in [0.15, 0.2) is 0 Å². The number of nitrogens with one attached hydrogen (secondary N) is 2. The van der Waals surface area contributed by atoms with Crippen molar-refractivity contribution in [1.82, 2.24) is 5.32 Å². The van der Waals surface area contributed by atoms with Gasteiger partial charge in [0.05, 0.1) is 13.0 Å². The summed E-state index contributed by atoms with van der Waals surface area (Å²) in [7, 11) is 3.48. The normalized spacial score (nSPS) is 9.47. The Balaban J connectivity index is 2.34. The van der Waals surface area contributed by atoms with Crippen LogP contribution >= 0.6 is 0 Å². The van der Waals surface area contributed by atoms with Gasteiger partial charge in [0.1, 0.15) is 5.75 Å². The van der Waals surface area contributed by atoms with Gasteiger partial charge < -0.3 is 15.4 Å². The highest BCUT2D eigenvalue weighted by atomic mass is 16.5. The molecular weight excluding hydrogens is 192 g/mol. The molecular formula is C11H16N2O2. The molecule has 0 saturated carbocycles. The lowest BCUT2D eigenvalue weighted by Crippen LogP contribution is -2.20. The molecule has 0 saturated heterocycles. The molecule has 4 nitrogen and oxygen atoms in total. The largest absolute Gasteiger partial charge is 0.493 e. The number of hydrogen-bond donors (Lipinski definition) is 2. The molecule has 0 radical (unpaired) electrons. The standard InChI is InChI=1S/C11H16N2O2/c1-12-9-3-5-10(6-4-9)15-8-7-11(14)13-2/h3-6,12H,7-8H2,1-2H3,(H,13,14). The second kappa shape index (κ2) is 5.90. The predicted molar refractivity (Wildman–Crippen MR) is 60.2 cm³/mol. The van der Waals surface area contributed by atoms with Crippen LogP contribution in [0.1, 0.15) is 6.42 Å². The molecule has 1 amide bonds. The van der Waals surface area contributed by atoms with E-state index in [4.69, 9.17) is 4.74 Å². The summed E-state index contributed by atoms with van der Waals surface area (Å²) in [5.74, 6) is 0.764. The van der Waals surface area contributed by atoms with E-state index in [1.807, 2.05) is 31.3 Å². The summed E-state index contributed by atoms with van der Waals surface area (Å²) in [5, 5.41) is 5.56. The van der Waals surface area contributed by atoms with Crippen LogP contribution in [0.4, 0.5) is 5.69 Å². The van der Waals surface area contributed by atoms with Crippen LogP contribution in [-0.2, 0) is 4.79 Å².